The number of hydrogen-bond acceptors (Lipinski definition) is 3. The zero-order valence-corrected chi connectivity index (χ0v) is 12.3. The molecule has 0 amide bonds. The van der Waals surface area contributed by atoms with E-state index in [2.05, 4.69) is 23.4 Å². The Morgan fingerprint density at radius 3 is 2.50 bits per heavy atom. The first-order valence-corrected chi connectivity index (χ1v) is 7.81. The predicted octanol–water partition coefficient (Wildman–Crippen LogP) is 1.59. The molecule has 0 saturated heterocycles. The van der Waals surface area contributed by atoms with Crippen molar-refractivity contribution < 1.29 is 8.42 Å². The van der Waals surface area contributed by atoms with Gasteiger partial charge in [-0.05, 0) is 19.3 Å². The van der Waals surface area contributed by atoms with Crippen LogP contribution < -0.4 is 0 Å². The van der Waals surface area contributed by atoms with Gasteiger partial charge in [0.15, 0.2) is 5.03 Å². The molecule has 0 N–H and O–H groups in total. The molecule has 0 bridgehead atoms. The first-order valence-electron chi connectivity index (χ1n) is 6.37. The van der Waals surface area contributed by atoms with Crippen LogP contribution in [0.1, 0.15) is 44.1 Å². The van der Waals surface area contributed by atoms with Gasteiger partial charge in [0.25, 0.3) is 10.0 Å². The Hall–Kier alpha value is -0.880. The molecule has 6 heteroatoms. The highest BCUT2D eigenvalue weighted by Gasteiger charge is 2.30. The van der Waals surface area contributed by atoms with Crippen molar-refractivity contribution in [1.29, 1.82) is 0 Å². The fraction of sp³-hybridized carbons (Fsp3) is 0.750. The van der Waals surface area contributed by atoms with E-state index in [1.165, 1.54) is 4.31 Å². The maximum absolute atomic E-state index is 12.3. The van der Waals surface area contributed by atoms with Crippen molar-refractivity contribution >= 4 is 10.0 Å². The summed E-state index contributed by atoms with van der Waals surface area (Å²) in [5.41, 5.74) is 0.888. The lowest BCUT2D eigenvalue weighted by atomic mass is 10.1. The Balaban J connectivity index is 2.63. The van der Waals surface area contributed by atoms with E-state index in [0.717, 1.165) is 37.3 Å². The standard InChI is InChI=1S/C12H21N3O2S/c1-9(2)11-13-12(18(16,17)14(3)4)10-7-5-6-8-15(10)11/h9H,5-8H2,1-4H3. The van der Waals surface area contributed by atoms with E-state index in [1.54, 1.807) is 14.1 Å². The molecule has 0 atom stereocenters. The molecular formula is C12H21N3O2S. The van der Waals surface area contributed by atoms with Gasteiger partial charge in [0.05, 0.1) is 5.69 Å². The van der Waals surface area contributed by atoms with E-state index in [1.807, 2.05) is 0 Å². The molecule has 5 nitrogen and oxygen atoms in total. The van der Waals surface area contributed by atoms with Crippen LogP contribution in [0.5, 0.6) is 0 Å². The number of sulfonamides is 1. The van der Waals surface area contributed by atoms with Crippen molar-refractivity contribution in [3.05, 3.63) is 11.5 Å². The molecule has 0 aliphatic carbocycles. The summed E-state index contributed by atoms with van der Waals surface area (Å²) in [4.78, 5) is 4.42. The van der Waals surface area contributed by atoms with Crippen molar-refractivity contribution in [3.8, 4) is 0 Å². The van der Waals surface area contributed by atoms with E-state index in [9.17, 15) is 8.42 Å². The molecule has 0 radical (unpaired) electrons. The highest BCUT2D eigenvalue weighted by molar-refractivity contribution is 7.89. The third kappa shape index (κ3) is 2.07. The largest absolute Gasteiger partial charge is 0.330 e. The van der Waals surface area contributed by atoms with Crippen LogP contribution in [0.25, 0.3) is 0 Å². The van der Waals surface area contributed by atoms with Gasteiger partial charge in [0.1, 0.15) is 5.82 Å². The summed E-state index contributed by atoms with van der Waals surface area (Å²) in [6.45, 7) is 4.99. The van der Waals surface area contributed by atoms with Crippen LogP contribution >= 0.6 is 0 Å². The van der Waals surface area contributed by atoms with Gasteiger partial charge in [-0.2, -0.15) is 0 Å². The van der Waals surface area contributed by atoms with Gasteiger partial charge in [0, 0.05) is 26.6 Å². The molecular weight excluding hydrogens is 250 g/mol. The van der Waals surface area contributed by atoms with Gasteiger partial charge < -0.3 is 4.57 Å². The second kappa shape index (κ2) is 4.66. The van der Waals surface area contributed by atoms with Crippen molar-refractivity contribution in [2.75, 3.05) is 14.1 Å². The number of imidazole rings is 1. The summed E-state index contributed by atoms with van der Waals surface area (Å²) in [6.07, 6.45) is 2.95. The van der Waals surface area contributed by atoms with Crippen LogP contribution in [0, 0.1) is 0 Å². The molecule has 0 unspecified atom stereocenters. The zero-order valence-electron chi connectivity index (χ0n) is 11.5. The summed E-state index contributed by atoms with van der Waals surface area (Å²) in [6, 6.07) is 0. The van der Waals surface area contributed by atoms with Crippen molar-refractivity contribution in [1.82, 2.24) is 13.9 Å². The maximum Gasteiger partial charge on any atom is 0.261 e. The molecule has 1 aliphatic rings. The third-order valence-corrected chi connectivity index (χ3v) is 5.13. The third-order valence-electron chi connectivity index (χ3n) is 3.35. The molecule has 2 heterocycles. The Morgan fingerprint density at radius 1 is 1.28 bits per heavy atom. The SMILES string of the molecule is CC(C)c1nc(S(=O)(=O)N(C)C)c2n1CCCC2. The molecule has 0 saturated carbocycles. The molecule has 0 aromatic carbocycles. The van der Waals surface area contributed by atoms with Crippen LogP contribution in [0.15, 0.2) is 5.03 Å². The van der Waals surface area contributed by atoms with E-state index in [-0.39, 0.29) is 10.9 Å². The van der Waals surface area contributed by atoms with Crippen LogP contribution in [0.4, 0.5) is 0 Å². The fourth-order valence-electron chi connectivity index (χ4n) is 2.36. The average molecular weight is 271 g/mol. The molecule has 18 heavy (non-hydrogen) atoms. The highest BCUT2D eigenvalue weighted by Crippen LogP contribution is 2.28. The summed E-state index contributed by atoms with van der Waals surface area (Å²) in [7, 11) is -0.321. The van der Waals surface area contributed by atoms with E-state index in [0.29, 0.717) is 0 Å². The summed E-state index contributed by atoms with van der Waals surface area (Å²) >= 11 is 0. The Bertz CT molecular complexity index is 544. The lowest BCUT2D eigenvalue weighted by molar-refractivity contribution is 0.493. The first kappa shape index (κ1) is 13.5. The first-order chi connectivity index (χ1) is 8.35. The molecule has 0 fully saturated rings. The maximum atomic E-state index is 12.3. The summed E-state index contributed by atoms with van der Waals surface area (Å²) in [5.74, 6) is 1.14. The molecule has 102 valence electrons. The smallest absolute Gasteiger partial charge is 0.261 e. The fourth-order valence-corrected chi connectivity index (χ4v) is 3.42. The lowest BCUT2D eigenvalue weighted by Crippen LogP contribution is -2.24. The average Bonchev–Trinajstić information content (AvgIpc) is 2.68. The van der Waals surface area contributed by atoms with Gasteiger partial charge in [-0.3, -0.25) is 0 Å². The Labute approximate surface area is 109 Å². The molecule has 1 aliphatic heterocycles. The van der Waals surface area contributed by atoms with Crippen molar-refractivity contribution in [2.45, 2.75) is 50.6 Å². The number of fused-ring (bicyclic) bond motifs is 1. The Kier molecular flexibility index (Phi) is 3.51. The van der Waals surface area contributed by atoms with E-state index >= 15 is 0 Å². The van der Waals surface area contributed by atoms with Crippen molar-refractivity contribution in [3.63, 3.8) is 0 Å². The summed E-state index contributed by atoms with van der Waals surface area (Å²) < 4.78 is 27.9. The van der Waals surface area contributed by atoms with Gasteiger partial charge in [-0.25, -0.2) is 17.7 Å². The van der Waals surface area contributed by atoms with E-state index < -0.39 is 10.0 Å². The van der Waals surface area contributed by atoms with Crippen LogP contribution in [-0.2, 0) is 23.0 Å². The van der Waals surface area contributed by atoms with Gasteiger partial charge in [0.2, 0.25) is 0 Å². The number of aromatic nitrogens is 2. The van der Waals surface area contributed by atoms with Gasteiger partial charge >= 0.3 is 0 Å². The lowest BCUT2D eigenvalue weighted by Gasteiger charge is -2.19. The highest BCUT2D eigenvalue weighted by atomic mass is 32.2. The predicted molar refractivity (Wildman–Crippen MR) is 70.1 cm³/mol. The minimum atomic E-state index is -3.43. The summed E-state index contributed by atoms with van der Waals surface area (Å²) in [5, 5.41) is 0.260. The van der Waals surface area contributed by atoms with Crippen LogP contribution in [0.2, 0.25) is 0 Å². The van der Waals surface area contributed by atoms with E-state index in [4.69, 9.17) is 0 Å². The van der Waals surface area contributed by atoms with Gasteiger partial charge in [-0.15, -0.1) is 0 Å². The Morgan fingerprint density at radius 2 is 1.94 bits per heavy atom. The quantitative estimate of drug-likeness (QED) is 0.839. The van der Waals surface area contributed by atoms with Crippen molar-refractivity contribution in [2.24, 2.45) is 0 Å². The number of nitrogens with zero attached hydrogens (tertiary/aromatic N) is 3. The molecule has 1 aromatic rings. The monoisotopic (exact) mass is 271 g/mol. The second-order valence-corrected chi connectivity index (χ2v) is 7.34. The second-order valence-electron chi connectivity index (χ2n) is 5.27. The zero-order chi connectivity index (χ0) is 13.5. The van der Waals surface area contributed by atoms with Gasteiger partial charge in [-0.1, -0.05) is 13.8 Å². The normalized spacial score (nSPS) is 16.3. The molecule has 0 spiro atoms. The molecule has 2 rings (SSSR count). The number of hydrogen-bond donors (Lipinski definition) is 0. The minimum absolute atomic E-state index is 0.243. The topological polar surface area (TPSA) is 55.2 Å². The van der Waals surface area contributed by atoms with Crippen LogP contribution in [-0.4, -0.2) is 36.4 Å². The van der Waals surface area contributed by atoms with Crippen LogP contribution in [0.3, 0.4) is 0 Å². The number of rotatable bonds is 3. The minimum Gasteiger partial charge on any atom is -0.330 e. The molecule has 1 aromatic heterocycles.